The Hall–Kier alpha value is -4.38. The molecule has 0 saturated carbocycles. The average molecular weight is 578 g/mol. The van der Waals surface area contributed by atoms with Crippen LogP contribution in [-0.2, 0) is 25.5 Å². The molecular formula is C26H26F3N5O5S. The molecule has 2 amide bonds. The van der Waals surface area contributed by atoms with E-state index in [0.29, 0.717) is 5.56 Å². The second-order valence-electron chi connectivity index (χ2n) is 8.92. The summed E-state index contributed by atoms with van der Waals surface area (Å²) >= 11 is 0. The summed E-state index contributed by atoms with van der Waals surface area (Å²) < 4.78 is 68.4. The third-order valence-corrected chi connectivity index (χ3v) is 7.11. The molecule has 0 bridgehead atoms. The molecule has 0 aromatic heterocycles. The van der Waals surface area contributed by atoms with Gasteiger partial charge < -0.3 is 10.1 Å². The number of nitrogens with one attached hydrogen (secondary N) is 2. The van der Waals surface area contributed by atoms with E-state index in [9.17, 15) is 36.4 Å². The number of allylic oxidation sites excluding steroid dienone is 1. The predicted molar refractivity (Wildman–Crippen MR) is 140 cm³/mol. The minimum atomic E-state index is -4.70. The van der Waals surface area contributed by atoms with E-state index in [1.165, 1.54) is 37.3 Å². The van der Waals surface area contributed by atoms with Crippen molar-refractivity contribution in [1.82, 2.24) is 10.2 Å². The molecule has 2 N–H and O–H groups in total. The molecule has 1 unspecified atom stereocenters. The van der Waals surface area contributed by atoms with Crippen LogP contribution in [0.3, 0.4) is 0 Å². The molecule has 0 fully saturated rings. The fraction of sp³-hybridized carbons (Fsp3) is 0.308. The molecule has 1 aliphatic rings. The van der Waals surface area contributed by atoms with Gasteiger partial charge in [0.1, 0.15) is 15.9 Å². The largest absolute Gasteiger partial charge is 0.466 e. The predicted octanol–water partition coefficient (Wildman–Crippen LogP) is 3.97. The Morgan fingerprint density at radius 2 is 1.82 bits per heavy atom. The number of rotatable bonds is 7. The number of carbonyl (C=O) groups excluding carboxylic acids is 2. The smallest absolute Gasteiger partial charge is 0.416 e. The van der Waals surface area contributed by atoms with Gasteiger partial charge in [-0.3, -0.25) is 15.2 Å². The monoisotopic (exact) mass is 577 g/mol. The molecule has 14 heteroatoms. The number of guanidine groups is 1. The maximum Gasteiger partial charge on any atom is 0.416 e. The molecule has 2 aromatic carbocycles. The number of nitriles is 1. The lowest BCUT2D eigenvalue weighted by Gasteiger charge is -2.43. The zero-order valence-corrected chi connectivity index (χ0v) is 22.6. The molecule has 2 aromatic rings. The highest BCUT2D eigenvalue weighted by molar-refractivity contribution is 7.90. The lowest BCUT2D eigenvalue weighted by atomic mass is 9.92. The zero-order valence-electron chi connectivity index (χ0n) is 21.7. The fourth-order valence-electron chi connectivity index (χ4n) is 4.23. The third-order valence-electron chi connectivity index (χ3n) is 6.08. The average Bonchev–Trinajstić information content (AvgIpc) is 2.89. The Morgan fingerprint density at radius 1 is 1.18 bits per heavy atom. The molecule has 1 atom stereocenters. The van der Waals surface area contributed by atoms with Crippen LogP contribution in [0, 0.1) is 16.7 Å². The summed E-state index contributed by atoms with van der Waals surface area (Å²) in [5.74, 6) is -1.68. The number of ether oxygens (including phenoxy) is 1. The van der Waals surface area contributed by atoms with E-state index in [1.54, 1.807) is 0 Å². The van der Waals surface area contributed by atoms with Crippen LogP contribution in [0.2, 0.25) is 0 Å². The number of amides is 2. The number of urea groups is 1. The normalized spacial score (nSPS) is 16.0. The van der Waals surface area contributed by atoms with E-state index in [0.717, 1.165) is 41.4 Å². The molecule has 1 aliphatic heterocycles. The van der Waals surface area contributed by atoms with E-state index < -0.39 is 45.6 Å². The molecule has 3 rings (SSSR count). The van der Waals surface area contributed by atoms with Gasteiger partial charge in [0.2, 0.25) is 5.96 Å². The molecule has 40 heavy (non-hydrogen) atoms. The highest BCUT2D eigenvalue weighted by Crippen LogP contribution is 2.41. The van der Waals surface area contributed by atoms with Crippen molar-refractivity contribution >= 4 is 33.5 Å². The Labute approximate surface area is 229 Å². The van der Waals surface area contributed by atoms with Crippen LogP contribution in [0.1, 0.15) is 36.1 Å². The summed E-state index contributed by atoms with van der Waals surface area (Å²) in [6.07, 6.45) is -3.60. The van der Waals surface area contributed by atoms with Crippen LogP contribution in [0.5, 0.6) is 0 Å². The van der Waals surface area contributed by atoms with Crippen LogP contribution in [-0.4, -0.2) is 56.9 Å². The number of benzene rings is 2. The summed E-state index contributed by atoms with van der Waals surface area (Å²) in [5.41, 5.74) is -0.613. The Balaban J connectivity index is 2.19. The molecule has 0 spiro atoms. The first-order valence-corrected chi connectivity index (χ1v) is 13.9. The van der Waals surface area contributed by atoms with Gasteiger partial charge in [-0.25, -0.2) is 18.0 Å². The van der Waals surface area contributed by atoms with Gasteiger partial charge in [-0.05, 0) is 49.2 Å². The number of hydrogen-bond acceptors (Lipinski definition) is 7. The second-order valence-corrected chi connectivity index (χ2v) is 11.2. The minimum Gasteiger partial charge on any atom is -0.466 e. The first-order valence-electron chi connectivity index (χ1n) is 11.8. The Kier molecular flexibility index (Phi) is 8.89. The first kappa shape index (κ1) is 30.2. The number of methoxy groups -OCH3 is 1. The van der Waals surface area contributed by atoms with Crippen molar-refractivity contribution in [2.75, 3.05) is 30.6 Å². The molecule has 10 nitrogen and oxygen atoms in total. The lowest BCUT2D eigenvalue weighted by molar-refractivity contribution is -0.138. The summed E-state index contributed by atoms with van der Waals surface area (Å²) in [6.45, 7) is 1.31. The molecule has 0 radical (unpaired) electrons. The molecule has 0 aliphatic carbocycles. The van der Waals surface area contributed by atoms with Gasteiger partial charge in [-0.1, -0.05) is 18.2 Å². The van der Waals surface area contributed by atoms with Gasteiger partial charge in [0, 0.05) is 24.2 Å². The molecule has 0 saturated heterocycles. The van der Waals surface area contributed by atoms with Crippen LogP contribution in [0.15, 0.2) is 59.8 Å². The highest BCUT2D eigenvalue weighted by Gasteiger charge is 2.44. The van der Waals surface area contributed by atoms with Crippen molar-refractivity contribution in [2.24, 2.45) is 0 Å². The van der Waals surface area contributed by atoms with Gasteiger partial charge in [0.25, 0.3) is 0 Å². The van der Waals surface area contributed by atoms with Gasteiger partial charge in [-0.15, -0.1) is 0 Å². The third kappa shape index (κ3) is 6.60. The van der Waals surface area contributed by atoms with E-state index in [2.05, 4.69) is 5.32 Å². The number of alkyl halides is 3. The number of carbonyl (C=O) groups is 2. The highest BCUT2D eigenvalue weighted by atomic mass is 32.2. The van der Waals surface area contributed by atoms with E-state index >= 15 is 0 Å². The van der Waals surface area contributed by atoms with Crippen molar-refractivity contribution in [1.29, 1.82) is 10.7 Å². The van der Waals surface area contributed by atoms with Crippen LogP contribution < -0.4 is 10.2 Å². The van der Waals surface area contributed by atoms with E-state index in [1.807, 2.05) is 6.07 Å². The Morgan fingerprint density at radius 3 is 2.38 bits per heavy atom. The number of anilines is 1. The quantitative estimate of drug-likeness (QED) is 0.374. The van der Waals surface area contributed by atoms with Crippen molar-refractivity contribution in [2.45, 2.75) is 25.6 Å². The zero-order chi connectivity index (χ0) is 29.8. The van der Waals surface area contributed by atoms with Crippen molar-refractivity contribution in [3.8, 4) is 6.07 Å². The second kappa shape index (κ2) is 11.8. The standard InChI is InChI=1S/C26H26F3N5O5S/c1-16-21(23(35)39-2)22(18-10-8-17(15-30)9-11-18)34(25(36)32-12-5-13-40(3,37)38)24(31)33(16)20-7-4-6-19(14-20)26(27,28)29/h4,6-11,14,22,31H,5,12-13H2,1-3H3,(H,32,36). The van der Waals surface area contributed by atoms with Crippen LogP contribution in [0.25, 0.3) is 0 Å². The molecule has 1 heterocycles. The van der Waals surface area contributed by atoms with Crippen molar-refractivity contribution in [3.05, 3.63) is 76.5 Å². The van der Waals surface area contributed by atoms with E-state index in [-0.39, 0.29) is 41.2 Å². The fourth-order valence-corrected chi connectivity index (χ4v) is 4.90. The number of halogens is 3. The number of nitrogens with zero attached hydrogens (tertiary/aromatic N) is 3. The minimum absolute atomic E-state index is 0.0478. The Bertz CT molecular complexity index is 1500. The SMILES string of the molecule is COC(=O)C1=C(C)N(c2cccc(C(F)(F)F)c2)C(=N)N(C(=O)NCCCS(C)(=O)=O)C1c1ccc(C#N)cc1. The maximum atomic E-state index is 13.5. The van der Waals surface area contributed by atoms with Gasteiger partial charge in [-0.2, -0.15) is 18.4 Å². The maximum absolute atomic E-state index is 13.5. The van der Waals surface area contributed by atoms with Gasteiger partial charge in [0.15, 0.2) is 0 Å². The summed E-state index contributed by atoms with van der Waals surface area (Å²) in [7, 11) is -2.21. The van der Waals surface area contributed by atoms with Crippen LogP contribution in [0.4, 0.5) is 23.7 Å². The summed E-state index contributed by atoms with van der Waals surface area (Å²) in [5, 5.41) is 20.6. The number of esters is 1. The van der Waals surface area contributed by atoms with Gasteiger partial charge in [0.05, 0.1) is 35.6 Å². The summed E-state index contributed by atoms with van der Waals surface area (Å²) in [6, 6.07) is 9.73. The molecule has 212 valence electrons. The topological polar surface area (TPSA) is 144 Å². The van der Waals surface area contributed by atoms with Crippen molar-refractivity contribution < 1.29 is 35.9 Å². The van der Waals surface area contributed by atoms with Crippen LogP contribution >= 0.6 is 0 Å². The van der Waals surface area contributed by atoms with Gasteiger partial charge >= 0.3 is 18.2 Å². The summed E-state index contributed by atoms with van der Waals surface area (Å²) in [4.78, 5) is 28.5. The number of hydrogen-bond donors (Lipinski definition) is 2. The lowest BCUT2D eigenvalue weighted by Crippen LogP contribution is -2.56. The first-order chi connectivity index (χ1) is 18.7. The molecular weight excluding hydrogens is 551 g/mol. The van der Waals surface area contributed by atoms with E-state index in [4.69, 9.17) is 10.1 Å². The number of sulfone groups is 1. The van der Waals surface area contributed by atoms with Crippen molar-refractivity contribution in [3.63, 3.8) is 0 Å².